The van der Waals surface area contributed by atoms with Crippen molar-refractivity contribution in [2.24, 2.45) is 0 Å². The van der Waals surface area contributed by atoms with Crippen LogP contribution in [0, 0.1) is 0 Å². The maximum atomic E-state index is 14.0. The number of hydrogen-bond acceptors (Lipinski definition) is 6. The summed E-state index contributed by atoms with van der Waals surface area (Å²) in [7, 11) is 0. The number of rotatable bonds is 7. The lowest BCUT2D eigenvalue weighted by Gasteiger charge is -2.21. The van der Waals surface area contributed by atoms with Gasteiger partial charge in [0, 0.05) is 56.3 Å². The average Bonchev–Trinajstić information content (AvgIpc) is 3.35. The molecule has 7 nitrogen and oxygen atoms in total. The van der Waals surface area contributed by atoms with E-state index in [0.717, 1.165) is 37.3 Å². The van der Waals surface area contributed by atoms with Crippen LogP contribution in [0.25, 0.3) is 11.3 Å². The van der Waals surface area contributed by atoms with Crippen molar-refractivity contribution in [3.05, 3.63) is 60.7 Å². The van der Waals surface area contributed by atoms with Crippen molar-refractivity contribution >= 4 is 17.4 Å². The Morgan fingerprint density at radius 2 is 1.91 bits per heavy atom. The van der Waals surface area contributed by atoms with E-state index in [4.69, 9.17) is 4.74 Å². The van der Waals surface area contributed by atoms with Crippen LogP contribution >= 0.6 is 0 Å². The molecule has 1 amide bonds. The van der Waals surface area contributed by atoms with Gasteiger partial charge in [0.05, 0.1) is 17.5 Å². The number of hydrogen-bond donors (Lipinski definition) is 1. The van der Waals surface area contributed by atoms with Crippen LogP contribution < -0.4 is 15.0 Å². The lowest BCUT2D eigenvalue weighted by atomic mass is 10.1. The number of anilines is 2. The zero-order valence-electron chi connectivity index (χ0n) is 18.2. The van der Waals surface area contributed by atoms with E-state index in [1.54, 1.807) is 62.0 Å². The van der Waals surface area contributed by atoms with E-state index in [2.05, 4.69) is 25.2 Å². The van der Waals surface area contributed by atoms with Crippen LogP contribution in [-0.4, -0.2) is 39.8 Å². The smallest absolute Gasteiger partial charge is 0.257 e. The van der Waals surface area contributed by atoms with Crippen molar-refractivity contribution in [3.8, 4) is 17.0 Å². The molecule has 0 spiro atoms. The molecular weight excluding hydrogens is 409 g/mol. The highest BCUT2D eigenvalue weighted by Gasteiger charge is 2.23. The van der Waals surface area contributed by atoms with Crippen molar-refractivity contribution in [2.75, 3.05) is 23.3 Å². The molecule has 4 rings (SSSR count). The van der Waals surface area contributed by atoms with E-state index in [1.165, 1.54) is 6.92 Å². The third-order valence-electron chi connectivity index (χ3n) is 5.45. The molecule has 0 bridgehead atoms. The predicted octanol–water partition coefficient (Wildman–Crippen LogP) is 4.87. The van der Waals surface area contributed by atoms with Gasteiger partial charge in [0.25, 0.3) is 5.91 Å². The van der Waals surface area contributed by atoms with Crippen molar-refractivity contribution < 1.29 is 13.9 Å². The fourth-order valence-electron chi connectivity index (χ4n) is 3.52. The van der Waals surface area contributed by atoms with Gasteiger partial charge >= 0.3 is 0 Å². The zero-order valence-corrected chi connectivity index (χ0v) is 18.2. The molecule has 0 radical (unpaired) electrons. The number of benzene rings is 1. The number of nitrogens with zero attached hydrogens (tertiary/aromatic N) is 4. The zero-order chi connectivity index (χ0) is 22.6. The Bertz CT molecular complexity index is 1070. The number of amides is 1. The number of halogens is 1. The molecule has 2 aromatic heterocycles. The van der Waals surface area contributed by atoms with Crippen LogP contribution in [0.4, 0.5) is 15.9 Å². The van der Waals surface area contributed by atoms with Gasteiger partial charge in [-0.3, -0.25) is 14.8 Å². The Morgan fingerprint density at radius 1 is 1.16 bits per heavy atom. The Hall–Kier alpha value is -3.55. The second kappa shape index (κ2) is 9.30. The van der Waals surface area contributed by atoms with Crippen LogP contribution in [0.1, 0.15) is 43.5 Å². The summed E-state index contributed by atoms with van der Waals surface area (Å²) in [4.78, 5) is 28.3. The van der Waals surface area contributed by atoms with Gasteiger partial charge in [-0.15, -0.1) is 0 Å². The van der Waals surface area contributed by atoms with Crippen LogP contribution in [-0.2, 0) is 0 Å². The van der Waals surface area contributed by atoms with Crippen molar-refractivity contribution in [3.63, 3.8) is 0 Å². The van der Waals surface area contributed by atoms with Crippen LogP contribution in [0.15, 0.2) is 55.1 Å². The summed E-state index contributed by atoms with van der Waals surface area (Å²) >= 11 is 0. The largest absolute Gasteiger partial charge is 0.458 e. The van der Waals surface area contributed by atoms with E-state index in [0.29, 0.717) is 22.7 Å². The first-order valence-electron chi connectivity index (χ1n) is 10.8. The predicted molar refractivity (Wildman–Crippen MR) is 122 cm³/mol. The number of carbonyl (C=O) groups is 1. The minimum atomic E-state index is -1.73. The molecule has 1 aliphatic rings. The quantitative estimate of drug-likeness (QED) is 0.571. The van der Waals surface area contributed by atoms with Gasteiger partial charge in [-0.1, -0.05) is 6.92 Å². The first-order chi connectivity index (χ1) is 15.4. The normalized spacial score (nSPS) is 15.3. The standard InChI is InChI=1S/C24H26FN5O2/c1-3-24(2,25)32-19-8-6-18(7-9-19)29-23(31)17-14-20(21-16-26-10-11-27-21)22(28-15-17)30-12-4-5-13-30/h6-11,14-16H,3-5,12-13H2,1-2H3,(H,29,31). The molecule has 1 aromatic carbocycles. The molecule has 1 unspecified atom stereocenters. The minimum absolute atomic E-state index is 0.236. The highest BCUT2D eigenvalue weighted by molar-refractivity contribution is 6.05. The highest BCUT2D eigenvalue weighted by atomic mass is 19.2. The topological polar surface area (TPSA) is 80.2 Å². The van der Waals surface area contributed by atoms with Crippen molar-refractivity contribution in [1.82, 2.24) is 15.0 Å². The van der Waals surface area contributed by atoms with E-state index in [1.807, 2.05) is 0 Å². The van der Waals surface area contributed by atoms with E-state index < -0.39 is 5.85 Å². The monoisotopic (exact) mass is 435 g/mol. The van der Waals surface area contributed by atoms with Gasteiger partial charge in [-0.25, -0.2) is 4.98 Å². The summed E-state index contributed by atoms with van der Waals surface area (Å²) in [5.41, 5.74) is 2.43. The number of nitrogens with one attached hydrogen (secondary N) is 1. The van der Waals surface area contributed by atoms with Crippen LogP contribution in [0.5, 0.6) is 5.75 Å². The molecule has 166 valence electrons. The molecule has 3 heterocycles. The van der Waals surface area contributed by atoms with Crippen LogP contribution in [0.2, 0.25) is 0 Å². The van der Waals surface area contributed by atoms with E-state index in [9.17, 15) is 9.18 Å². The summed E-state index contributed by atoms with van der Waals surface area (Å²) in [6, 6.07) is 8.40. The lowest BCUT2D eigenvalue weighted by Crippen LogP contribution is -2.24. The second-order valence-electron chi connectivity index (χ2n) is 7.92. The number of aromatic nitrogens is 3. The molecule has 8 heteroatoms. The van der Waals surface area contributed by atoms with E-state index >= 15 is 0 Å². The van der Waals surface area contributed by atoms with Gasteiger partial charge in [-0.05, 0) is 43.2 Å². The molecule has 0 saturated carbocycles. The molecule has 32 heavy (non-hydrogen) atoms. The molecule has 1 fully saturated rings. The Morgan fingerprint density at radius 3 is 2.56 bits per heavy atom. The van der Waals surface area contributed by atoms with Gasteiger partial charge in [0.2, 0.25) is 5.85 Å². The summed E-state index contributed by atoms with van der Waals surface area (Å²) < 4.78 is 19.4. The highest BCUT2D eigenvalue weighted by Crippen LogP contribution is 2.31. The maximum absolute atomic E-state index is 14.0. The fourth-order valence-corrected chi connectivity index (χ4v) is 3.52. The van der Waals surface area contributed by atoms with Gasteiger partial charge < -0.3 is 15.0 Å². The molecular formula is C24H26FN5O2. The molecule has 0 aliphatic carbocycles. The average molecular weight is 436 g/mol. The SMILES string of the molecule is CCC(C)(F)Oc1ccc(NC(=O)c2cnc(N3CCCC3)c(-c3cnccn3)c2)cc1. The fraction of sp³-hybridized carbons (Fsp3) is 0.333. The minimum Gasteiger partial charge on any atom is -0.458 e. The van der Waals surface area contributed by atoms with Gasteiger partial charge in [-0.2, -0.15) is 4.39 Å². The van der Waals surface area contributed by atoms with Crippen molar-refractivity contribution in [2.45, 2.75) is 39.0 Å². The summed E-state index contributed by atoms with van der Waals surface area (Å²) in [6.45, 7) is 4.95. The third kappa shape index (κ3) is 5.01. The molecule has 1 N–H and O–H groups in total. The maximum Gasteiger partial charge on any atom is 0.257 e. The van der Waals surface area contributed by atoms with Crippen molar-refractivity contribution in [1.29, 1.82) is 0 Å². The van der Waals surface area contributed by atoms with E-state index in [-0.39, 0.29) is 12.3 Å². The molecule has 1 aliphatic heterocycles. The Balaban J connectivity index is 1.55. The Labute approximate surface area is 186 Å². The second-order valence-corrected chi connectivity index (χ2v) is 7.92. The summed E-state index contributed by atoms with van der Waals surface area (Å²) in [5.74, 6) is -0.819. The van der Waals surface area contributed by atoms with Gasteiger partial charge in [0.1, 0.15) is 11.6 Å². The summed E-state index contributed by atoms with van der Waals surface area (Å²) in [5, 5.41) is 2.85. The molecule has 1 atom stereocenters. The molecule has 3 aromatic rings. The lowest BCUT2D eigenvalue weighted by molar-refractivity contribution is -0.0471. The molecule has 1 saturated heterocycles. The number of carbonyl (C=O) groups excluding carboxylic acids is 1. The number of alkyl halides is 1. The van der Waals surface area contributed by atoms with Crippen LogP contribution in [0.3, 0.4) is 0 Å². The Kier molecular flexibility index (Phi) is 6.30. The summed E-state index contributed by atoms with van der Waals surface area (Å²) in [6.07, 6.45) is 8.96. The number of ether oxygens (including phenoxy) is 1. The first kappa shape index (κ1) is 21.7. The first-order valence-corrected chi connectivity index (χ1v) is 10.8. The van der Waals surface area contributed by atoms with Gasteiger partial charge in [0.15, 0.2) is 0 Å². The third-order valence-corrected chi connectivity index (χ3v) is 5.45. The number of pyridine rings is 1.